The highest BCUT2D eigenvalue weighted by atomic mass is 16.5. The Hall–Kier alpha value is -1.84. The van der Waals surface area contributed by atoms with E-state index in [1.54, 1.807) is 0 Å². The highest BCUT2D eigenvalue weighted by Gasteiger charge is 2.28. The first kappa shape index (κ1) is 14.1. The zero-order chi connectivity index (χ0) is 14.7. The summed E-state index contributed by atoms with van der Waals surface area (Å²) in [7, 11) is 0. The molecule has 0 spiro atoms. The van der Waals surface area contributed by atoms with Crippen LogP contribution in [0.3, 0.4) is 0 Å². The number of ether oxygens (including phenoxy) is 2. The molecule has 0 amide bonds. The molecule has 3 unspecified atom stereocenters. The van der Waals surface area contributed by atoms with E-state index in [1.165, 1.54) is 0 Å². The molecule has 0 radical (unpaired) electrons. The Morgan fingerprint density at radius 3 is 2.29 bits per heavy atom. The van der Waals surface area contributed by atoms with Gasteiger partial charge in [0.05, 0.1) is 18.2 Å². The molecule has 3 nitrogen and oxygen atoms in total. The molecule has 1 aliphatic heterocycles. The fraction of sp³-hybridized carbons (Fsp3) is 0.333. The van der Waals surface area contributed by atoms with Gasteiger partial charge in [0.25, 0.3) is 0 Å². The van der Waals surface area contributed by atoms with E-state index in [0.717, 1.165) is 29.9 Å². The molecule has 1 heterocycles. The van der Waals surface area contributed by atoms with Crippen molar-refractivity contribution in [2.24, 2.45) is 5.73 Å². The second-order valence-electron chi connectivity index (χ2n) is 5.57. The molecule has 0 bridgehead atoms. The molecule has 1 saturated heterocycles. The zero-order valence-corrected chi connectivity index (χ0v) is 12.2. The SMILES string of the molecule is CC1CCC(C(N)c2ccc(Oc3ccccc3)cc2)O1. The third-order valence-corrected chi connectivity index (χ3v) is 3.91. The Balaban J connectivity index is 1.66. The van der Waals surface area contributed by atoms with Crippen molar-refractivity contribution in [3.63, 3.8) is 0 Å². The fourth-order valence-corrected chi connectivity index (χ4v) is 2.70. The van der Waals surface area contributed by atoms with Crippen molar-refractivity contribution in [3.05, 3.63) is 60.2 Å². The van der Waals surface area contributed by atoms with Gasteiger partial charge in [0.15, 0.2) is 0 Å². The summed E-state index contributed by atoms with van der Waals surface area (Å²) in [6.07, 6.45) is 2.57. The lowest BCUT2D eigenvalue weighted by Gasteiger charge is -2.20. The Morgan fingerprint density at radius 1 is 1.00 bits per heavy atom. The first-order chi connectivity index (χ1) is 10.2. The quantitative estimate of drug-likeness (QED) is 0.920. The van der Waals surface area contributed by atoms with Crippen molar-refractivity contribution in [3.8, 4) is 11.5 Å². The predicted octanol–water partition coefficient (Wildman–Crippen LogP) is 4.05. The number of benzene rings is 2. The maximum absolute atomic E-state index is 6.30. The van der Waals surface area contributed by atoms with Crippen LogP contribution in [0.5, 0.6) is 11.5 Å². The molecule has 1 fully saturated rings. The van der Waals surface area contributed by atoms with E-state index >= 15 is 0 Å². The zero-order valence-electron chi connectivity index (χ0n) is 12.2. The summed E-state index contributed by atoms with van der Waals surface area (Å²) in [4.78, 5) is 0. The average Bonchev–Trinajstić information content (AvgIpc) is 2.95. The van der Waals surface area contributed by atoms with Crippen LogP contribution in [0.25, 0.3) is 0 Å². The van der Waals surface area contributed by atoms with Crippen molar-refractivity contribution in [1.29, 1.82) is 0 Å². The van der Waals surface area contributed by atoms with Crippen LogP contribution >= 0.6 is 0 Å². The van der Waals surface area contributed by atoms with Crippen molar-refractivity contribution in [2.75, 3.05) is 0 Å². The fourth-order valence-electron chi connectivity index (χ4n) is 2.70. The summed E-state index contributed by atoms with van der Waals surface area (Å²) < 4.78 is 11.6. The molecular weight excluding hydrogens is 262 g/mol. The Morgan fingerprint density at radius 2 is 1.67 bits per heavy atom. The lowest BCUT2D eigenvalue weighted by atomic mass is 10.00. The molecular formula is C18H21NO2. The van der Waals surface area contributed by atoms with Gasteiger partial charge < -0.3 is 15.2 Å². The second kappa shape index (κ2) is 6.29. The van der Waals surface area contributed by atoms with Gasteiger partial charge in [0.2, 0.25) is 0 Å². The predicted molar refractivity (Wildman–Crippen MR) is 83.5 cm³/mol. The summed E-state index contributed by atoms with van der Waals surface area (Å²) in [6.45, 7) is 2.10. The van der Waals surface area contributed by atoms with E-state index in [0.29, 0.717) is 6.10 Å². The molecule has 0 aliphatic carbocycles. The summed E-state index contributed by atoms with van der Waals surface area (Å²) in [5, 5.41) is 0. The first-order valence-electron chi connectivity index (χ1n) is 7.46. The van der Waals surface area contributed by atoms with Crippen molar-refractivity contribution in [2.45, 2.75) is 38.0 Å². The van der Waals surface area contributed by atoms with E-state index in [1.807, 2.05) is 54.6 Å². The number of para-hydroxylation sites is 1. The van der Waals surface area contributed by atoms with Gasteiger partial charge in [-0.15, -0.1) is 0 Å². The van der Waals surface area contributed by atoms with Crippen LogP contribution < -0.4 is 10.5 Å². The molecule has 2 N–H and O–H groups in total. The third kappa shape index (κ3) is 3.43. The average molecular weight is 283 g/mol. The first-order valence-corrected chi connectivity index (χ1v) is 7.46. The molecule has 21 heavy (non-hydrogen) atoms. The Kier molecular flexibility index (Phi) is 4.23. The smallest absolute Gasteiger partial charge is 0.127 e. The van der Waals surface area contributed by atoms with Gasteiger partial charge in [-0.2, -0.15) is 0 Å². The van der Waals surface area contributed by atoms with Gasteiger partial charge in [0.1, 0.15) is 11.5 Å². The number of rotatable bonds is 4. The molecule has 3 rings (SSSR count). The minimum Gasteiger partial charge on any atom is -0.457 e. The van der Waals surface area contributed by atoms with Gasteiger partial charge in [-0.05, 0) is 49.6 Å². The molecule has 2 aromatic rings. The second-order valence-corrected chi connectivity index (χ2v) is 5.57. The summed E-state index contributed by atoms with van der Waals surface area (Å²) in [5.74, 6) is 1.65. The lowest BCUT2D eigenvalue weighted by molar-refractivity contribution is 0.0401. The van der Waals surface area contributed by atoms with Crippen LogP contribution in [0.15, 0.2) is 54.6 Å². The summed E-state index contributed by atoms with van der Waals surface area (Å²) in [5.41, 5.74) is 7.39. The number of nitrogens with two attached hydrogens (primary N) is 1. The van der Waals surface area contributed by atoms with E-state index in [4.69, 9.17) is 15.2 Å². The summed E-state index contributed by atoms with van der Waals surface area (Å²) in [6, 6.07) is 17.7. The van der Waals surface area contributed by atoms with E-state index in [-0.39, 0.29) is 12.1 Å². The largest absolute Gasteiger partial charge is 0.457 e. The molecule has 3 heteroatoms. The lowest BCUT2D eigenvalue weighted by Crippen LogP contribution is -2.26. The van der Waals surface area contributed by atoms with Crippen LogP contribution in [0.2, 0.25) is 0 Å². The molecule has 110 valence electrons. The van der Waals surface area contributed by atoms with Gasteiger partial charge in [0, 0.05) is 0 Å². The van der Waals surface area contributed by atoms with Crippen LogP contribution in [0.4, 0.5) is 0 Å². The van der Waals surface area contributed by atoms with Gasteiger partial charge >= 0.3 is 0 Å². The Bertz CT molecular complexity index is 568. The minimum absolute atomic E-state index is 0.0688. The highest BCUT2D eigenvalue weighted by Crippen LogP contribution is 2.30. The standard InChI is InChI=1S/C18H21NO2/c1-13-7-12-17(20-13)18(19)14-8-10-16(11-9-14)21-15-5-3-2-4-6-15/h2-6,8-11,13,17-18H,7,12,19H2,1H3. The van der Waals surface area contributed by atoms with Gasteiger partial charge in [-0.3, -0.25) is 0 Å². The highest BCUT2D eigenvalue weighted by molar-refractivity contribution is 5.34. The number of hydrogen-bond donors (Lipinski definition) is 1. The maximum atomic E-state index is 6.30. The molecule has 1 aliphatic rings. The molecule has 3 atom stereocenters. The van der Waals surface area contributed by atoms with Gasteiger partial charge in [-0.1, -0.05) is 30.3 Å². The maximum Gasteiger partial charge on any atom is 0.127 e. The van der Waals surface area contributed by atoms with E-state index in [2.05, 4.69) is 6.92 Å². The monoisotopic (exact) mass is 283 g/mol. The van der Waals surface area contributed by atoms with Crippen molar-refractivity contribution in [1.82, 2.24) is 0 Å². The third-order valence-electron chi connectivity index (χ3n) is 3.91. The van der Waals surface area contributed by atoms with Crippen LogP contribution in [-0.2, 0) is 4.74 Å². The van der Waals surface area contributed by atoms with Crippen molar-refractivity contribution < 1.29 is 9.47 Å². The van der Waals surface area contributed by atoms with Crippen LogP contribution in [-0.4, -0.2) is 12.2 Å². The van der Waals surface area contributed by atoms with Crippen LogP contribution in [0.1, 0.15) is 31.4 Å². The van der Waals surface area contributed by atoms with Crippen molar-refractivity contribution >= 4 is 0 Å². The molecule has 2 aromatic carbocycles. The van der Waals surface area contributed by atoms with E-state index in [9.17, 15) is 0 Å². The minimum atomic E-state index is -0.0688. The molecule has 0 aromatic heterocycles. The van der Waals surface area contributed by atoms with Crippen LogP contribution in [0, 0.1) is 0 Å². The normalized spacial score (nSPS) is 23.0. The van der Waals surface area contributed by atoms with Gasteiger partial charge in [-0.25, -0.2) is 0 Å². The Labute approximate surface area is 125 Å². The topological polar surface area (TPSA) is 44.5 Å². The summed E-state index contributed by atoms with van der Waals surface area (Å²) >= 11 is 0. The molecule has 0 saturated carbocycles. The van der Waals surface area contributed by atoms with E-state index < -0.39 is 0 Å². The number of hydrogen-bond acceptors (Lipinski definition) is 3.